The minimum Gasteiger partial charge on any atom is -0.400 e. The molecule has 1 aliphatic rings. The summed E-state index contributed by atoms with van der Waals surface area (Å²) < 4.78 is 0. The fourth-order valence-electron chi connectivity index (χ4n) is 4.23. The molecular weight excluding hydrogens is 328 g/mol. The molecule has 0 spiro atoms. The fourth-order valence-corrected chi connectivity index (χ4v) is 4.23. The second-order valence-electron chi connectivity index (χ2n) is 7.21. The minimum absolute atomic E-state index is 0.0330. The summed E-state index contributed by atoms with van der Waals surface area (Å²) in [7, 11) is 0. The van der Waals surface area contributed by atoms with E-state index in [1.165, 1.54) is 27.9 Å². The molecule has 0 fully saturated rings. The van der Waals surface area contributed by atoms with E-state index in [2.05, 4.69) is 104 Å². The maximum absolute atomic E-state index is 6.68. The molecule has 3 aromatic carbocycles. The number of fused-ring (bicyclic) bond motifs is 1. The first kappa shape index (κ1) is 17.4. The third kappa shape index (κ3) is 3.12. The van der Waals surface area contributed by atoms with Gasteiger partial charge in [0.25, 0.3) is 0 Å². The van der Waals surface area contributed by atoms with Crippen molar-refractivity contribution in [1.29, 1.82) is 0 Å². The number of nitrogens with two attached hydrogens (primary N) is 1. The van der Waals surface area contributed by atoms with E-state index in [0.717, 1.165) is 12.1 Å². The van der Waals surface area contributed by atoms with Crippen LogP contribution in [0.2, 0.25) is 0 Å². The first-order valence-corrected chi connectivity index (χ1v) is 9.65. The second-order valence-corrected chi connectivity index (χ2v) is 7.21. The number of nitrogens with zero attached hydrogens (tertiary/aromatic N) is 1. The van der Waals surface area contributed by atoms with E-state index in [-0.39, 0.29) is 12.1 Å². The highest BCUT2D eigenvalue weighted by atomic mass is 15.2. The van der Waals surface area contributed by atoms with Crippen molar-refractivity contribution in [2.45, 2.75) is 32.4 Å². The predicted octanol–water partition coefficient (Wildman–Crippen LogP) is 6.01. The fraction of sp³-hybridized carbons (Fsp3) is 0.200. The second kappa shape index (κ2) is 7.32. The summed E-state index contributed by atoms with van der Waals surface area (Å²) >= 11 is 0. The number of hydrogen-bond donors (Lipinski definition) is 1. The smallest absolute Gasteiger partial charge is 0.0945 e. The van der Waals surface area contributed by atoms with E-state index < -0.39 is 0 Å². The normalized spacial score (nSPS) is 17.2. The molecule has 1 unspecified atom stereocenters. The van der Waals surface area contributed by atoms with Crippen molar-refractivity contribution in [2.75, 3.05) is 4.90 Å². The van der Waals surface area contributed by atoms with Crippen molar-refractivity contribution in [3.63, 3.8) is 0 Å². The van der Waals surface area contributed by atoms with Gasteiger partial charge in [-0.3, -0.25) is 0 Å². The van der Waals surface area contributed by atoms with Gasteiger partial charge in [-0.05, 0) is 42.2 Å². The monoisotopic (exact) mass is 354 g/mol. The summed E-state index contributed by atoms with van der Waals surface area (Å²) in [5, 5.41) is 0. The summed E-state index contributed by atoms with van der Waals surface area (Å²) in [4.78, 5) is 2.52. The molecule has 2 nitrogen and oxygen atoms in total. The molecule has 0 saturated carbocycles. The highest BCUT2D eigenvalue weighted by Gasteiger charge is 2.34. The molecule has 2 N–H and O–H groups in total. The van der Waals surface area contributed by atoms with E-state index in [1.807, 2.05) is 0 Å². The van der Waals surface area contributed by atoms with Crippen molar-refractivity contribution in [3.05, 3.63) is 107 Å². The van der Waals surface area contributed by atoms with Gasteiger partial charge in [0, 0.05) is 16.9 Å². The average molecular weight is 354 g/mol. The number of rotatable bonds is 4. The Morgan fingerprint density at radius 2 is 1.56 bits per heavy atom. The molecule has 1 heterocycles. The van der Waals surface area contributed by atoms with E-state index in [4.69, 9.17) is 5.73 Å². The van der Waals surface area contributed by atoms with E-state index in [0.29, 0.717) is 0 Å². The van der Waals surface area contributed by atoms with Crippen LogP contribution in [0.15, 0.2) is 84.6 Å². The van der Waals surface area contributed by atoms with Crippen molar-refractivity contribution in [2.24, 2.45) is 5.73 Å². The standard InChI is InChI=1S/C25H26N2/c1-3-23(19-12-6-4-7-13-19)27-24-16-10-11-18(2)21(24)17-22(26)25(27)20-14-8-5-9-15-20/h4-17,23,25H,3,26H2,1-2H3/t23?,25-/m0/s1. The highest BCUT2D eigenvalue weighted by Crippen LogP contribution is 2.45. The van der Waals surface area contributed by atoms with Crippen LogP contribution in [0.3, 0.4) is 0 Å². The SMILES string of the molecule is CCC(c1ccccc1)N1c2cccc(C)c2C=C(N)[C@@H]1c1ccccc1. The van der Waals surface area contributed by atoms with Gasteiger partial charge in [0.05, 0.1) is 12.1 Å². The summed E-state index contributed by atoms with van der Waals surface area (Å²) in [6.45, 7) is 4.41. The zero-order chi connectivity index (χ0) is 18.8. The number of anilines is 1. The van der Waals surface area contributed by atoms with Crippen LogP contribution in [-0.4, -0.2) is 0 Å². The molecule has 3 aromatic rings. The zero-order valence-electron chi connectivity index (χ0n) is 16.0. The summed E-state index contributed by atoms with van der Waals surface area (Å²) in [5.41, 5.74) is 13.9. The molecule has 0 bridgehead atoms. The van der Waals surface area contributed by atoms with E-state index >= 15 is 0 Å². The van der Waals surface area contributed by atoms with Crippen LogP contribution in [-0.2, 0) is 0 Å². The lowest BCUT2D eigenvalue weighted by Crippen LogP contribution is -2.38. The molecule has 0 saturated heterocycles. The van der Waals surface area contributed by atoms with Gasteiger partial charge in [-0.2, -0.15) is 0 Å². The largest absolute Gasteiger partial charge is 0.400 e. The molecule has 2 heteroatoms. The quantitative estimate of drug-likeness (QED) is 0.622. The number of benzene rings is 3. The highest BCUT2D eigenvalue weighted by molar-refractivity contribution is 5.77. The lowest BCUT2D eigenvalue weighted by molar-refractivity contribution is 0.547. The maximum Gasteiger partial charge on any atom is 0.0945 e. The third-order valence-corrected chi connectivity index (χ3v) is 5.51. The van der Waals surface area contributed by atoms with Gasteiger partial charge in [-0.1, -0.05) is 79.7 Å². The van der Waals surface area contributed by atoms with Gasteiger partial charge >= 0.3 is 0 Å². The van der Waals surface area contributed by atoms with Gasteiger partial charge in [-0.15, -0.1) is 0 Å². The minimum atomic E-state index is 0.0330. The van der Waals surface area contributed by atoms with Crippen LogP contribution < -0.4 is 10.6 Å². The molecule has 2 atom stereocenters. The van der Waals surface area contributed by atoms with Crippen molar-refractivity contribution < 1.29 is 0 Å². The Morgan fingerprint density at radius 3 is 2.22 bits per heavy atom. The Balaban J connectivity index is 1.93. The summed E-state index contributed by atoms with van der Waals surface area (Å²) in [5.74, 6) is 0. The van der Waals surface area contributed by atoms with Crippen molar-refractivity contribution in [3.8, 4) is 0 Å². The molecule has 0 amide bonds. The predicted molar refractivity (Wildman–Crippen MR) is 114 cm³/mol. The molecular formula is C25H26N2. The Labute approximate surface area is 162 Å². The number of hydrogen-bond acceptors (Lipinski definition) is 2. The van der Waals surface area contributed by atoms with Gasteiger partial charge in [-0.25, -0.2) is 0 Å². The first-order valence-electron chi connectivity index (χ1n) is 9.65. The molecule has 4 rings (SSSR count). The van der Waals surface area contributed by atoms with Gasteiger partial charge in [0.15, 0.2) is 0 Å². The summed E-state index contributed by atoms with van der Waals surface area (Å²) in [6.07, 6.45) is 3.17. The van der Waals surface area contributed by atoms with Gasteiger partial charge in [0.1, 0.15) is 0 Å². The maximum atomic E-state index is 6.68. The zero-order valence-corrected chi connectivity index (χ0v) is 16.0. The molecule has 27 heavy (non-hydrogen) atoms. The topological polar surface area (TPSA) is 29.3 Å². The average Bonchev–Trinajstić information content (AvgIpc) is 2.71. The Kier molecular flexibility index (Phi) is 4.72. The Hall–Kier alpha value is -3.00. The molecule has 0 aromatic heterocycles. The van der Waals surface area contributed by atoms with Crippen LogP contribution in [0.4, 0.5) is 5.69 Å². The lowest BCUT2D eigenvalue weighted by atomic mass is 9.89. The Bertz CT molecular complexity index is 945. The molecule has 0 aliphatic carbocycles. The van der Waals surface area contributed by atoms with Crippen LogP contribution in [0.1, 0.15) is 47.7 Å². The van der Waals surface area contributed by atoms with Gasteiger partial charge in [0.2, 0.25) is 0 Å². The molecule has 0 radical (unpaired) electrons. The van der Waals surface area contributed by atoms with Crippen LogP contribution in [0.5, 0.6) is 0 Å². The Morgan fingerprint density at radius 1 is 0.889 bits per heavy atom. The van der Waals surface area contributed by atoms with Gasteiger partial charge < -0.3 is 10.6 Å². The van der Waals surface area contributed by atoms with Crippen molar-refractivity contribution >= 4 is 11.8 Å². The van der Waals surface area contributed by atoms with Crippen LogP contribution in [0.25, 0.3) is 6.08 Å². The number of aryl methyl sites for hydroxylation is 1. The summed E-state index contributed by atoms with van der Waals surface area (Å²) in [6, 6.07) is 28.2. The lowest BCUT2D eigenvalue weighted by Gasteiger charge is -2.44. The van der Waals surface area contributed by atoms with Crippen molar-refractivity contribution in [1.82, 2.24) is 0 Å². The molecule has 136 valence electrons. The van der Waals surface area contributed by atoms with E-state index in [1.54, 1.807) is 0 Å². The van der Waals surface area contributed by atoms with Crippen LogP contribution in [0, 0.1) is 6.92 Å². The molecule has 1 aliphatic heterocycles. The third-order valence-electron chi connectivity index (χ3n) is 5.51. The van der Waals surface area contributed by atoms with E-state index in [9.17, 15) is 0 Å². The first-order chi connectivity index (χ1) is 13.2. The van der Waals surface area contributed by atoms with Crippen LogP contribution >= 0.6 is 0 Å².